The minimum Gasteiger partial charge on any atom is -0.293 e. The van der Waals surface area contributed by atoms with Crippen LogP contribution in [0.25, 0.3) is 11.7 Å². The first-order valence-corrected chi connectivity index (χ1v) is 11.3. The van der Waals surface area contributed by atoms with Gasteiger partial charge >= 0.3 is 0 Å². The van der Waals surface area contributed by atoms with Gasteiger partial charge in [-0.2, -0.15) is 15.1 Å². The minimum atomic E-state index is 0.0206. The fraction of sp³-hybridized carbons (Fsp3) is 0.429. The maximum atomic E-state index is 12.9. The van der Waals surface area contributed by atoms with E-state index >= 15 is 0 Å². The van der Waals surface area contributed by atoms with Crippen LogP contribution in [0.3, 0.4) is 0 Å². The first kappa shape index (κ1) is 21.2. The van der Waals surface area contributed by atoms with E-state index in [0.717, 1.165) is 42.0 Å². The highest BCUT2D eigenvalue weighted by atomic mass is 32.2. The highest BCUT2D eigenvalue weighted by Gasteiger charge is 2.19. The number of nitrogens with zero attached hydrogens (tertiary/aromatic N) is 7. The van der Waals surface area contributed by atoms with Gasteiger partial charge in [0.2, 0.25) is 11.1 Å². The smallest absolute Gasteiger partial charge is 0.253 e. The molecule has 4 aromatic rings. The van der Waals surface area contributed by atoms with Crippen molar-refractivity contribution < 1.29 is 4.79 Å². The van der Waals surface area contributed by atoms with Crippen molar-refractivity contribution in [3.8, 4) is 5.95 Å². The van der Waals surface area contributed by atoms with Gasteiger partial charge in [-0.25, -0.2) is 14.6 Å². The maximum Gasteiger partial charge on any atom is 0.253 e. The Kier molecular flexibility index (Phi) is 5.90. The van der Waals surface area contributed by atoms with Crippen molar-refractivity contribution in [2.45, 2.75) is 59.0 Å². The Bertz CT molecular complexity index is 1240. The van der Waals surface area contributed by atoms with Gasteiger partial charge in [0.1, 0.15) is 6.33 Å². The number of aromatic nitrogens is 8. The summed E-state index contributed by atoms with van der Waals surface area (Å²) in [6, 6.07) is 1.88. The van der Waals surface area contributed by atoms with Gasteiger partial charge in [0.05, 0.1) is 5.75 Å². The molecule has 0 bridgehead atoms. The molecule has 10 heteroatoms. The molecule has 0 radical (unpaired) electrons. The summed E-state index contributed by atoms with van der Waals surface area (Å²) in [5.74, 6) is 1.44. The van der Waals surface area contributed by atoms with Gasteiger partial charge in [-0.1, -0.05) is 25.1 Å². The summed E-state index contributed by atoms with van der Waals surface area (Å²) in [6.07, 6.45) is 4.69. The molecule has 4 rings (SSSR count). The Morgan fingerprint density at radius 1 is 1.16 bits per heavy atom. The molecule has 0 aliphatic heterocycles. The molecule has 0 fully saturated rings. The largest absolute Gasteiger partial charge is 0.293 e. The Labute approximate surface area is 184 Å². The normalized spacial score (nSPS) is 11.5. The molecule has 9 nitrogen and oxygen atoms in total. The van der Waals surface area contributed by atoms with E-state index in [0.29, 0.717) is 22.4 Å². The molecule has 162 valence electrons. The van der Waals surface area contributed by atoms with Crippen molar-refractivity contribution >= 4 is 23.3 Å². The number of nitrogens with one attached hydrogen (secondary N) is 1. The molecular formula is C21H26N8OS. The van der Waals surface area contributed by atoms with E-state index in [1.807, 2.05) is 31.4 Å². The lowest BCUT2D eigenvalue weighted by molar-refractivity contribution is 0.102. The molecule has 31 heavy (non-hydrogen) atoms. The molecule has 0 aromatic carbocycles. The van der Waals surface area contributed by atoms with E-state index in [1.165, 1.54) is 23.7 Å². The van der Waals surface area contributed by atoms with Gasteiger partial charge in [0, 0.05) is 28.3 Å². The molecule has 4 heterocycles. The SMILES string of the molecule is CCCCc1c(C)nc2nc(SCC(=O)c3cc(C)n(-c4ncn[nH]4)c3C)nn2c1C. The first-order chi connectivity index (χ1) is 14.9. The molecule has 0 saturated heterocycles. The monoisotopic (exact) mass is 438 g/mol. The fourth-order valence-electron chi connectivity index (χ4n) is 3.85. The molecular weight excluding hydrogens is 412 g/mol. The van der Waals surface area contributed by atoms with Crippen molar-refractivity contribution in [2.75, 3.05) is 5.75 Å². The summed E-state index contributed by atoms with van der Waals surface area (Å²) in [4.78, 5) is 26.3. The number of carbonyl (C=O) groups is 1. The number of rotatable bonds is 8. The van der Waals surface area contributed by atoms with Crippen molar-refractivity contribution in [2.24, 2.45) is 0 Å². The average Bonchev–Trinajstić information content (AvgIpc) is 3.45. The molecule has 0 aliphatic carbocycles. The zero-order valence-corrected chi connectivity index (χ0v) is 19.2. The van der Waals surface area contributed by atoms with Crippen LogP contribution in [0.5, 0.6) is 0 Å². The number of aryl methyl sites for hydroxylation is 3. The van der Waals surface area contributed by atoms with Gasteiger partial charge in [0.25, 0.3) is 5.78 Å². The number of thioether (sulfide) groups is 1. The van der Waals surface area contributed by atoms with Crippen molar-refractivity contribution in [3.05, 3.63) is 46.3 Å². The van der Waals surface area contributed by atoms with Crippen LogP contribution in [-0.2, 0) is 6.42 Å². The second-order valence-corrected chi connectivity index (χ2v) is 8.55. The Morgan fingerprint density at radius 2 is 1.97 bits per heavy atom. The summed E-state index contributed by atoms with van der Waals surface area (Å²) in [7, 11) is 0. The molecule has 0 unspecified atom stereocenters. The van der Waals surface area contributed by atoms with E-state index in [-0.39, 0.29) is 11.5 Å². The summed E-state index contributed by atoms with van der Waals surface area (Å²) in [5, 5.41) is 11.9. The molecule has 0 aliphatic rings. The van der Waals surface area contributed by atoms with Gasteiger partial charge in [-0.3, -0.25) is 9.36 Å². The fourth-order valence-corrected chi connectivity index (χ4v) is 4.55. The Hall–Kier alpha value is -3.01. The number of Topliss-reactive ketones (excluding diaryl/α,β-unsaturated/α-hetero) is 1. The van der Waals surface area contributed by atoms with Crippen LogP contribution in [0, 0.1) is 27.7 Å². The predicted molar refractivity (Wildman–Crippen MR) is 119 cm³/mol. The van der Waals surface area contributed by atoms with E-state index in [2.05, 4.69) is 44.1 Å². The number of unbranched alkanes of at least 4 members (excludes halogenated alkanes) is 1. The van der Waals surface area contributed by atoms with Crippen LogP contribution in [0.1, 0.15) is 58.5 Å². The van der Waals surface area contributed by atoms with E-state index in [4.69, 9.17) is 0 Å². The summed E-state index contributed by atoms with van der Waals surface area (Å²) in [5.41, 5.74) is 5.71. The number of hydrogen-bond donors (Lipinski definition) is 1. The van der Waals surface area contributed by atoms with Crippen LogP contribution >= 0.6 is 11.8 Å². The third-order valence-corrected chi connectivity index (χ3v) is 6.33. The lowest BCUT2D eigenvalue weighted by Crippen LogP contribution is -2.07. The van der Waals surface area contributed by atoms with E-state index in [1.54, 1.807) is 4.52 Å². The number of carbonyl (C=O) groups excluding carboxylic acids is 1. The number of H-pyrrole nitrogens is 1. The summed E-state index contributed by atoms with van der Waals surface area (Å²) < 4.78 is 3.68. The van der Waals surface area contributed by atoms with Gasteiger partial charge in [-0.05, 0) is 52.2 Å². The topological polar surface area (TPSA) is 107 Å². The van der Waals surface area contributed by atoms with Crippen LogP contribution in [0.15, 0.2) is 17.6 Å². The van der Waals surface area contributed by atoms with Gasteiger partial charge in [0.15, 0.2) is 5.78 Å². The van der Waals surface area contributed by atoms with E-state index in [9.17, 15) is 4.79 Å². The number of aromatic amines is 1. The average molecular weight is 439 g/mol. The molecule has 0 amide bonds. The zero-order chi connectivity index (χ0) is 22.1. The standard InChI is InChI=1S/C21H26N8OS/c1-6-7-8-16-13(3)24-20-25-21(27-29(20)15(16)5)31-10-18(30)17-9-12(2)28(14(17)4)19-22-11-23-26-19/h9,11H,6-8,10H2,1-5H3,(H,22,23,26). The quantitative estimate of drug-likeness (QED) is 0.331. The highest BCUT2D eigenvalue weighted by Crippen LogP contribution is 2.23. The van der Waals surface area contributed by atoms with Gasteiger partial charge < -0.3 is 0 Å². The van der Waals surface area contributed by atoms with Crippen molar-refractivity contribution in [1.82, 2.24) is 39.3 Å². The Balaban J connectivity index is 1.54. The lowest BCUT2D eigenvalue weighted by Gasteiger charge is -2.09. The van der Waals surface area contributed by atoms with Crippen LogP contribution in [0.2, 0.25) is 0 Å². The Morgan fingerprint density at radius 3 is 2.68 bits per heavy atom. The highest BCUT2D eigenvalue weighted by molar-refractivity contribution is 7.99. The second kappa shape index (κ2) is 8.62. The van der Waals surface area contributed by atoms with Gasteiger partial charge in [-0.15, -0.1) is 5.10 Å². The minimum absolute atomic E-state index is 0.0206. The number of hydrogen-bond acceptors (Lipinski definition) is 7. The molecule has 0 atom stereocenters. The predicted octanol–water partition coefficient (Wildman–Crippen LogP) is 3.58. The third-order valence-electron chi connectivity index (χ3n) is 5.49. The molecule has 4 aromatic heterocycles. The first-order valence-electron chi connectivity index (χ1n) is 10.3. The van der Waals surface area contributed by atoms with Crippen molar-refractivity contribution in [1.29, 1.82) is 0 Å². The summed E-state index contributed by atoms with van der Waals surface area (Å²) in [6.45, 7) is 10.1. The third kappa shape index (κ3) is 3.99. The molecule has 0 spiro atoms. The van der Waals surface area contributed by atoms with E-state index < -0.39 is 0 Å². The van der Waals surface area contributed by atoms with Crippen LogP contribution in [0.4, 0.5) is 0 Å². The number of fused-ring (bicyclic) bond motifs is 1. The maximum absolute atomic E-state index is 12.9. The summed E-state index contributed by atoms with van der Waals surface area (Å²) >= 11 is 1.33. The van der Waals surface area contributed by atoms with Crippen molar-refractivity contribution in [3.63, 3.8) is 0 Å². The second-order valence-electron chi connectivity index (χ2n) is 7.61. The number of ketones is 1. The van der Waals surface area contributed by atoms with Crippen LogP contribution < -0.4 is 0 Å². The molecule has 1 N–H and O–H groups in total. The van der Waals surface area contributed by atoms with Crippen LogP contribution in [-0.4, -0.2) is 50.9 Å². The molecule has 0 saturated carbocycles. The zero-order valence-electron chi connectivity index (χ0n) is 18.4. The lowest BCUT2D eigenvalue weighted by atomic mass is 10.1.